The number of H-pyrrole nitrogens is 2. The van der Waals surface area contributed by atoms with Crippen LogP contribution < -0.4 is 5.32 Å². The van der Waals surface area contributed by atoms with Gasteiger partial charge in [0.05, 0.1) is 34.8 Å². The average Bonchev–Trinajstić information content (AvgIpc) is 3.62. The number of hydrogen-bond donors (Lipinski definition) is 3. The summed E-state index contributed by atoms with van der Waals surface area (Å²) in [4.78, 5) is 21.3. The molecule has 6 heterocycles. The molecule has 0 amide bonds. The fraction of sp³-hybridized carbons (Fsp3) is 0.0645. The van der Waals surface area contributed by atoms with Gasteiger partial charge < -0.3 is 10.3 Å². The second-order valence-corrected chi connectivity index (χ2v) is 9.43. The Bertz CT molecular complexity index is 1890. The highest BCUT2D eigenvalue weighted by molar-refractivity contribution is 6.01. The van der Waals surface area contributed by atoms with Gasteiger partial charge in [-0.2, -0.15) is 5.10 Å². The minimum Gasteiger partial charge on any atom is -0.352 e. The Morgan fingerprint density at radius 2 is 1.51 bits per heavy atom. The van der Waals surface area contributed by atoms with Gasteiger partial charge in [0.1, 0.15) is 5.69 Å². The molecule has 8 nitrogen and oxygen atoms in total. The first kappa shape index (κ1) is 22.9. The third-order valence-electron chi connectivity index (χ3n) is 6.83. The fourth-order valence-electron chi connectivity index (χ4n) is 4.89. The highest BCUT2D eigenvalue weighted by atomic mass is 15.1. The first-order chi connectivity index (χ1) is 19.3. The zero-order chi connectivity index (χ0) is 26.0. The van der Waals surface area contributed by atoms with Crippen molar-refractivity contribution in [2.24, 2.45) is 0 Å². The Hall–Kier alpha value is -5.21. The van der Waals surface area contributed by atoms with Gasteiger partial charge in [-0.25, -0.2) is 0 Å². The summed E-state index contributed by atoms with van der Waals surface area (Å²) < 4.78 is 0. The van der Waals surface area contributed by atoms with E-state index in [1.54, 1.807) is 12.4 Å². The number of nitrogens with zero attached hydrogens (tertiary/aromatic N) is 5. The van der Waals surface area contributed by atoms with Crippen LogP contribution in [0.25, 0.3) is 55.6 Å². The number of hydrogen-bond acceptors (Lipinski definition) is 6. The topological polar surface area (TPSA) is 108 Å². The van der Waals surface area contributed by atoms with Crippen LogP contribution in [-0.4, -0.2) is 35.1 Å². The molecule has 39 heavy (non-hydrogen) atoms. The summed E-state index contributed by atoms with van der Waals surface area (Å²) in [6.45, 7) is 1.52. The van der Waals surface area contributed by atoms with Gasteiger partial charge in [-0.3, -0.25) is 25.0 Å². The highest BCUT2D eigenvalue weighted by Gasteiger charge is 2.15. The van der Waals surface area contributed by atoms with Crippen molar-refractivity contribution < 1.29 is 0 Å². The number of rotatable bonds is 7. The van der Waals surface area contributed by atoms with Gasteiger partial charge in [0, 0.05) is 66.0 Å². The van der Waals surface area contributed by atoms with Crippen LogP contribution in [0.4, 0.5) is 0 Å². The quantitative estimate of drug-likeness (QED) is 0.247. The number of benzene rings is 1. The maximum absolute atomic E-state index is 4.69. The van der Waals surface area contributed by atoms with E-state index in [0.29, 0.717) is 0 Å². The van der Waals surface area contributed by atoms with Crippen LogP contribution in [0.2, 0.25) is 0 Å². The Kier molecular flexibility index (Phi) is 5.84. The van der Waals surface area contributed by atoms with Gasteiger partial charge in [-0.05, 0) is 47.0 Å². The zero-order valence-corrected chi connectivity index (χ0v) is 21.0. The SMILES string of the molecule is c1ccc(CNCc2cncc(-c3cc4c(-c5cc6c(-c7ccncc7)cncc6[nH]5)n[nH]c4cn3)c2)cc1. The van der Waals surface area contributed by atoms with Crippen molar-refractivity contribution in [2.75, 3.05) is 0 Å². The molecule has 7 rings (SSSR count). The van der Waals surface area contributed by atoms with Crippen molar-refractivity contribution in [2.45, 2.75) is 13.1 Å². The van der Waals surface area contributed by atoms with Gasteiger partial charge in [0.15, 0.2) is 0 Å². The smallest absolute Gasteiger partial charge is 0.116 e. The molecule has 0 bridgehead atoms. The van der Waals surface area contributed by atoms with E-state index < -0.39 is 0 Å². The van der Waals surface area contributed by atoms with Crippen LogP contribution in [0, 0.1) is 0 Å². The Labute approximate surface area is 224 Å². The number of fused-ring (bicyclic) bond motifs is 2. The van der Waals surface area contributed by atoms with Crippen LogP contribution in [0.15, 0.2) is 104 Å². The maximum Gasteiger partial charge on any atom is 0.116 e. The maximum atomic E-state index is 4.69. The molecule has 0 aliphatic rings. The zero-order valence-electron chi connectivity index (χ0n) is 21.0. The summed E-state index contributed by atoms with van der Waals surface area (Å²) in [7, 11) is 0. The predicted octanol–water partition coefficient (Wildman–Crippen LogP) is 5.92. The summed E-state index contributed by atoms with van der Waals surface area (Å²) in [5.41, 5.74) is 9.83. The summed E-state index contributed by atoms with van der Waals surface area (Å²) in [5.74, 6) is 0. The Morgan fingerprint density at radius 3 is 2.41 bits per heavy atom. The molecular weight excluding hydrogens is 484 g/mol. The van der Waals surface area contributed by atoms with E-state index in [1.807, 2.05) is 49.2 Å². The Balaban J connectivity index is 1.20. The summed E-state index contributed by atoms with van der Waals surface area (Å²) in [5, 5.41) is 13.3. The Morgan fingerprint density at radius 1 is 0.667 bits per heavy atom. The van der Waals surface area contributed by atoms with E-state index in [1.165, 1.54) is 5.56 Å². The lowest BCUT2D eigenvalue weighted by atomic mass is 10.1. The van der Waals surface area contributed by atoms with E-state index in [9.17, 15) is 0 Å². The number of aromatic amines is 2. The molecule has 0 spiro atoms. The standard InChI is InChI=1S/C31H24N8/c1-2-4-20(5-3-1)13-33-14-21-10-23(16-34-15-21)27-12-25-30(19-36-27)38-39-31(25)28-11-24-26(17-35-18-29(24)37-28)22-6-8-32-9-7-22/h1-12,15-19,33,37H,13-14H2,(H,38,39). The van der Waals surface area contributed by atoms with E-state index >= 15 is 0 Å². The third-order valence-corrected chi connectivity index (χ3v) is 6.83. The monoisotopic (exact) mass is 508 g/mol. The highest BCUT2D eigenvalue weighted by Crippen LogP contribution is 2.34. The minimum atomic E-state index is 0.720. The average molecular weight is 509 g/mol. The second-order valence-electron chi connectivity index (χ2n) is 9.43. The van der Waals surface area contributed by atoms with Gasteiger partial charge in [0.25, 0.3) is 0 Å². The van der Waals surface area contributed by atoms with E-state index in [0.717, 1.165) is 74.2 Å². The number of nitrogens with one attached hydrogen (secondary N) is 3. The van der Waals surface area contributed by atoms with Gasteiger partial charge >= 0.3 is 0 Å². The second kappa shape index (κ2) is 9.92. The summed E-state index contributed by atoms with van der Waals surface area (Å²) >= 11 is 0. The van der Waals surface area contributed by atoms with Crippen LogP contribution in [0.1, 0.15) is 11.1 Å². The molecular formula is C31H24N8. The van der Waals surface area contributed by atoms with Crippen molar-refractivity contribution in [1.29, 1.82) is 0 Å². The molecule has 7 aromatic rings. The van der Waals surface area contributed by atoms with Crippen molar-refractivity contribution in [3.05, 3.63) is 115 Å². The lowest BCUT2D eigenvalue weighted by molar-refractivity contribution is 0.691. The van der Waals surface area contributed by atoms with Crippen molar-refractivity contribution in [1.82, 2.24) is 40.4 Å². The lowest BCUT2D eigenvalue weighted by Crippen LogP contribution is -2.12. The number of aromatic nitrogens is 7. The predicted molar refractivity (Wildman–Crippen MR) is 152 cm³/mol. The molecule has 0 atom stereocenters. The van der Waals surface area contributed by atoms with Crippen molar-refractivity contribution in [3.63, 3.8) is 0 Å². The molecule has 0 unspecified atom stereocenters. The van der Waals surface area contributed by atoms with Crippen molar-refractivity contribution >= 4 is 21.8 Å². The van der Waals surface area contributed by atoms with Crippen molar-refractivity contribution in [3.8, 4) is 33.8 Å². The first-order valence-corrected chi connectivity index (χ1v) is 12.7. The van der Waals surface area contributed by atoms with Crippen LogP contribution >= 0.6 is 0 Å². The molecule has 0 aliphatic heterocycles. The van der Waals surface area contributed by atoms with Crippen LogP contribution in [0.3, 0.4) is 0 Å². The third kappa shape index (κ3) is 4.54. The lowest BCUT2D eigenvalue weighted by Gasteiger charge is -2.07. The molecule has 0 aliphatic carbocycles. The van der Waals surface area contributed by atoms with E-state index in [4.69, 9.17) is 4.98 Å². The fourth-order valence-corrected chi connectivity index (χ4v) is 4.89. The van der Waals surface area contributed by atoms with Gasteiger partial charge in [0.2, 0.25) is 0 Å². The molecule has 3 N–H and O–H groups in total. The molecule has 0 saturated carbocycles. The largest absolute Gasteiger partial charge is 0.352 e. The van der Waals surface area contributed by atoms with Crippen LogP contribution in [-0.2, 0) is 13.1 Å². The molecule has 6 aromatic heterocycles. The molecule has 0 radical (unpaired) electrons. The van der Waals surface area contributed by atoms with Crippen LogP contribution in [0.5, 0.6) is 0 Å². The summed E-state index contributed by atoms with van der Waals surface area (Å²) in [6, 6.07) is 20.7. The summed E-state index contributed by atoms with van der Waals surface area (Å²) in [6.07, 6.45) is 12.9. The van der Waals surface area contributed by atoms with Gasteiger partial charge in [-0.15, -0.1) is 0 Å². The van der Waals surface area contributed by atoms with E-state index in [2.05, 4.69) is 77.9 Å². The number of pyridine rings is 4. The molecule has 0 fully saturated rings. The molecule has 8 heteroatoms. The minimum absolute atomic E-state index is 0.720. The van der Waals surface area contributed by atoms with E-state index in [-0.39, 0.29) is 0 Å². The molecule has 188 valence electrons. The molecule has 1 aromatic carbocycles. The van der Waals surface area contributed by atoms with Gasteiger partial charge in [-0.1, -0.05) is 30.3 Å². The normalized spacial score (nSPS) is 11.4. The molecule has 0 saturated heterocycles. The first-order valence-electron chi connectivity index (χ1n) is 12.7.